The third kappa shape index (κ3) is 4.60. The first-order valence-corrected chi connectivity index (χ1v) is 10.5. The van der Waals surface area contributed by atoms with Crippen LogP contribution in [0.1, 0.15) is 37.6 Å². The van der Waals surface area contributed by atoms with Crippen molar-refractivity contribution < 1.29 is 31.1 Å². The number of imidazole rings is 1. The summed E-state index contributed by atoms with van der Waals surface area (Å²) in [6.45, 7) is 5.52. The number of nitrogens with zero attached hydrogens (tertiary/aromatic N) is 4. The van der Waals surface area contributed by atoms with Crippen LogP contribution in [0.15, 0.2) is 36.4 Å². The van der Waals surface area contributed by atoms with Crippen LogP contribution < -0.4 is 4.74 Å². The molecular formula is C24H19F6N5O. The van der Waals surface area contributed by atoms with Crippen LogP contribution >= 0.6 is 0 Å². The van der Waals surface area contributed by atoms with E-state index in [-0.39, 0.29) is 39.2 Å². The molecule has 0 atom stereocenters. The van der Waals surface area contributed by atoms with Crippen molar-refractivity contribution in [2.45, 2.75) is 38.7 Å². The van der Waals surface area contributed by atoms with Gasteiger partial charge in [-0.1, -0.05) is 39.0 Å². The minimum Gasteiger partial charge on any atom is -0.405 e. The summed E-state index contributed by atoms with van der Waals surface area (Å²) in [4.78, 5) is 6.93. The van der Waals surface area contributed by atoms with E-state index < -0.39 is 29.3 Å². The molecule has 0 spiro atoms. The number of benzene rings is 2. The highest BCUT2D eigenvalue weighted by atomic mass is 19.4. The van der Waals surface area contributed by atoms with Crippen LogP contribution in [-0.2, 0) is 18.6 Å². The fourth-order valence-electron chi connectivity index (χ4n) is 3.95. The Morgan fingerprint density at radius 3 is 2.28 bits per heavy atom. The average molecular weight is 507 g/mol. The van der Waals surface area contributed by atoms with Crippen LogP contribution in [-0.4, -0.2) is 26.1 Å². The second-order valence-electron chi connectivity index (χ2n) is 9.10. The molecule has 4 rings (SSSR count). The number of fused-ring (bicyclic) bond motifs is 1. The zero-order valence-corrected chi connectivity index (χ0v) is 19.4. The molecule has 2 aromatic carbocycles. The van der Waals surface area contributed by atoms with Crippen molar-refractivity contribution in [2.24, 2.45) is 7.05 Å². The molecule has 0 aliphatic carbocycles. The molecule has 188 valence electrons. The fraction of sp³-hybridized carbons (Fsp3) is 0.292. The van der Waals surface area contributed by atoms with Gasteiger partial charge >= 0.3 is 12.5 Å². The van der Waals surface area contributed by atoms with Crippen LogP contribution in [0.25, 0.3) is 33.7 Å². The van der Waals surface area contributed by atoms with E-state index in [0.717, 1.165) is 12.1 Å². The van der Waals surface area contributed by atoms with Gasteiger partial charge in [-0.25, -0.2) is 4.98 Å². The van der Waals surface area contributed by atoms with Gasteiger partial charge in [0.2, 0.25) is 0 Å². The number of halogens is 6. The van der Waals surface area contributed by atoms with Crippen LogP contribution in [0.3, 0.4) is 0 Å². The quantitative estimate of drug-likeness (QED) is 0.313. The van der Waals surface area contributed by atoms with Gasteiger partial charge in [-0.2, -0.15) is 23.5 Å². The summed E-state index contributed by atoms with van der Waals surface area (Å²) in [6.07, 6.45) is -9.90. The van der Waals surface area contributed by atoms with Crippen molar-refractivity contribution in [3.63, 3.8) is 0 Å². The monoisotopic (exact) mass is 507 g/mol. The van der Waals surface area contributed by atoms with Gasteiger partial charge in [-0.3, -0.25) is 4.68 Å². The molecule has 1 N–H and O–H groups in total. The predicted molar refractivity (Wildman–Crippen MR) is 119 cm³/mol. The minimum atomic E-state index is -5.04. The first-order valence-electron chi connectivity index (χ1n) is 10.5. The largest absolute Gasteiger partial charge is 0.573 e. The van der Waals surface area contributed by atoms with Crippen molar-refractivity contribution >= 4 is 11.0 Å². The molecule has 0 saturated heterocycles. The first-order chi connectivity index (χ1) is 16.6. The Morgan fingerprint density at radius 2 is 1.69 bits per heavy atom. The average Bonchev–Trinajstić information content (AvgIpc) is 3.31. The maximum Gasteiger partial charge on any atom is 0.573 e. The number of H-pyrrole nitrogens is 1. The number of aromatic amines is 1. The van der Waals surface area contributed by atoms with Crippen molar-refractivity contribution in [1.82, 2.24) is 19.7 Å². The molecule has 4 aromatic rings. The molecule has 0 aliphatic heterocycles. The zero-order chi connectivity index (χ0) is 26.6. The molecule has 12 heteroatoms. The fourth-order valence-corrected chi connectivity index (χ4v) is 3.95. The number of alkyl halides is 6. The molecule has 0 unspecified atom stereocenters. The number of rotatable bonds is 3. The molecule has 6 nitrogen and oxygen atoms in total. The first kappa shape index (κ1) is 25.1. The number of hydrogen-bond acceptors (Lipinski definition) is 4. The van der Waals surface area contributed by atoms with E-state index in [0.29, 0.717) is 5.69 Å². The SMILES string of the molecule is Cn1nc(C(C)(C)C)c(C#N)c1-c1nc2cc(-c3ccccc3OC(F)(F)F)cc(C(F)(F)F)c2[nH]1. The smallest absolute Gasteiger partial charge is 0.405 e. The third-order valence-corrected chi connectivity index (χ3v) is 5.42. The summed E-state index contributed by atoms with van der Waals surface area (Å²) in [5.74, 6) is -0.684. The Hall–Kier alpha value is -4.01. The zero-order valence-electron chi connectivity index (χ0n) is 19.4. The van der Waals surface area contributed by atoms with Crippen molar-refractivity contribution in [2.75, 3.05) is 0 Å². The second-order valence-corrected chi connectivity index (χ2v) is 9.10. The lowest BCUT2D eigenvalue weighted by molar-refractivity contribution is -0.274. The van der Waals surface area contributed by atoms with E-state index in [1.54, 1.807) is 7.05 Å². The topological polar surface area (TPSA) is 79.5 Å². The van der Waals surface area contributed by atoms with Crippen LogP contribution in [0, 0.1) is 11.3 Å². The molecule has 0 aliphatic rings. The minimum absolute atomic E-state index is 0.0328. The van der Waals surface area contributed by atoms with Crippen molar-refractivity contribution in [1.29, 1.82) is 5.26 Å². The highest BCUT2D eigenvalue weighted by molar-refractivity contribution is 5.89. The molecule has 2 aromatic heterocycles. The predicted octanol–water partition coefficient (Wildman–Crippen LogP) is 6.72. The summed E-state index contributed by atoms with van der Waals surface area (Å²) >= 11 is 0. The molecule has 0 radical (unpaired) electrons. The number of aromatic nitrogens is 4. The molecule has 2 heterocycles. The van der Waals surface area contributed by atoms with Crippen molar-refractivity contribution in [3.05, 3.63) is 53.2 Å². The van der Waals surface area contributed by atoms with E-state index in [1.165, 1.54) is 28.9 Å². The number of aryl methyl sites for hydroxylation is 1. The lowest BCUT2D eigenvalue weighted by Gasteiger charge is -2.15. The molecule has 0 saturated carbocycles. The van der Waals surface area contributed by atoms with E-state index in [4.69, 9.17) is 0 Å². The normalized spacial score (nSPS) is 12.7. The van der Waals surface area contributed by atoms with E-state index in [9.17, 15) is 31.6 Å². The highest BCUT2D eigenvalue weighted by Crippen LogP contribution is 2.41. The summed E-state index contributed by atoms with van der Waals surface area (Å²) in [5, 5.41) is 14.2. The van der Waals surface area contributed by atoms with Crippen LogP contribution in [0.2, 0.25) is 0 Å². The molecule has 0 bridgehead atoms. The third-order valence-electron chi connectivity index (χ3n) is 5.42. The van der Waals surface area contributed by atoms with Gasteiger partial charge < -0.3 is 9.72 Å². The van der Waals surface area contributed by atoms with Gasteiger partial charge in [-0.15, -0.1) is 13.2 Å². The Kier molecular flexibility index (Phi) is 5.78. The number of nitriles is 1. The molecular weight excluding hydrogens is 488 g/mol. The van der Waals surface area contributed by atoms with Crippen LogP contribution in [0.5, 0.6) is 5.75 Å². The summed E-state index contributed by atoms with van der Waals surface area (Å²) in [7, 11) is 1.54. The highest BCUT2D eigenvalue weighted by Gasteiger charge is 2.36. The molecule has 0 fully saturated rings. The van der Waals surface area contributed by atoms with Gasteiger partial charge in [0.15, 0.2) is 5.82 Å². The van der Waals surface area contributed by atoms with Gasteiger partial charge in [0, 0.05) is 18.0 Å². The maximum atomic E-state index is 14.1. The number of hydrogen-bond donors (Lipinski definition) is 1. The van der Waals surface area contributed by atoms with Gasteiger partial charge in [0.25, 0.3) is 0 Å². The Balaban J connectivity index is 1.98. The van der Waals surface area contributed by atoms with E-state index >= 15 is 0 Å². The summed E-state index contributed by atoms with van der Waals surface area (Å²) in [5.41, 5.74) is -1.77. The van der Waals surface area contributed by atoms with Gasteiger partial charge in [0.05, 0.1) is 22.3 Å². The molecule has 0 amide bonds. The number of nitrogens with one attached hydrogen (secondary N) is 1. The van der Waals surface area contributed by atoms with E-state index in [1.807, 2.05) is 20.8 Å². The number of para-hydroxylation sites is 1. The number of ether oxygens (including phenoxy) is 1. The Morgan fingerprint density at radius 1 is 1.03 bits per heavy atom. The van der Waals surface area contributed by atoms with E-state index in [2.05, 4.69) is 25.9 Å². The Labute approximate surface area is 201 Å². The summed E-state index contributed by atoms with van der Waals surface area (Å²) in [6, 6.07) is 8.92. The standard InChI is InChI=1S/C24H19F6N5O/c1-22(2,3)20-14(11-31)19(35(4)34-20)21-32-16-10-12(9-15(18(16)33-21)23(25,26)27)13-7-5-6-8-17(13)36-24(28,29)30/h5-10H,1-4H3,(H,32,33). The summed E-state index contributed by atoms with van der Waals surface area (Å²) < 4.78 is 86.2. The maximum absolute atomic E-state index is 14.1. The lowest BCUT2D eigenvalue weighted by atomic mass is 9.89. The van der Waals surface area contributed by atoms with Crippen LogP contribution in [0.4, 0.5) is 26.3 Å². The van der Waals surface area contributed by atoms with Gasteiger partial charge in [0.1, 0.15) is 23.1 Å². The Bertz CT molecular complexity index is 1500. The lowest BCUT2D eigenvalue weighted by Crippen LogP contribution is -2.17. The second kappa shape index (κ2) is 8.29. The van der Waals surface area contributed by atoms with Crippen molar-refractivity contribution in [3.8, 4) is 34.5 Å². The molecule has 36 heavy (non-hydrogen) atoms. The van der Waals surface area contributed by atoms with Gasteiger partial charge in [-0.05, 0) is 23.8 Å².